The van der Waals surface area contributed by atoms with Crippen molar-refractivity contribution in [3.63, 3.8) is 0 Å². The second-order valence-corrected chi connectivity index (χ2v) is 4.71. The van der Waals surface area contributed by atoms with Gasteiger partial charge in [-0.25, -0.2) is 0 Å². The van der Waals surface area contributed by atoms with Gasteiger partial charge in [0.25, 0.3) is 0 Å². The summed E-state index contributed by atoms with van der Waals surface area (Å²) in [5, 5.41) is 21.0. The maximum Gasteiger partial charge on any atom is 0.0640 e. The first-order valence-corrected chi connectivity index (χ1v) is 6.43. The van der Waals surface area contributed by atoms with Crippen LogP contribution in [0.15, 0.2) is 29.6 Å². The predicted octanol–water partition coefficient (Wildman–Crippen LogP) is 2.61. The second-order valence-electron chi connectivity index (χ2n) is 3.76. The van der Waals surface area contributed by atoms with E-state index in [1.165, 1.54) is 10.1 Å². The molecule has 88 valence electrons. The lowest BCUT2D eigenvalue weighted by Gasteiger charge is -2.22. The Balaban J connectivity index is 2.24. The molecule has 0 atom stereocenters. The van der Waals surface area contributed by atoms with Gasteiger partial charge in [-0.1, -0.05) is 6.07 Å². The topological polar surface area (TPSA) is 47.3 Å². The summed E-state index contributed by atoms with van der Waals surface area (Å²) in [6.45, 7) is 1.33. The monoisotopic (exact) mass is 246 g/mol. The van der Waals surface area contributed by atoms with E-state index < -0.39 is 0 Å². The summed E-state index contributed by atoms with van der Waals surface area (Å²) in [7, 11) is 0. The summed E-state index contributed by atoms with van der Waals surface area (Å²) in [5.74, 6) is 0. The van der Waals surface area contributed by atoms with Crippen LogP contribution in [0, 0.1) is 11.3 Å². The van der Waals surface area contributed by atoms with Crippen molar-refractivity contribution >= 4 is 27.1 Å². The van der Waals surface area contributed by atoms with Crippen LogP contribution in [0.25, 0.3) is 10.1 Å². The lowest BCUT2D eigenvalue weighted by atomic mass is 10.2. The zero-order valence-corrected chi connectivity index (χ0v) is 10.3. The van der Waals surface area contributed by atoms with Crippen molar-refractivity contribution in [2.45, 2.75) is 6.42 Å². The molecule has 2 rings (SSSR count). The van der Waals surface area contributed by atoms with E-state index in [9.17, 15) is 0 Å². The third kappa shape index (κ3) is 2.76. The molecule has 17 heavy (non-hydrogen) atoms. The van der Waals surface area contributed by atoms with Crippen LogP contribution >= 0.6 is 11.3 Å². The Morgan fingerprint density at radius 1 is 1.29 bits per heavy atom. The molecule has 0 fully saturated rings. The minimum atomic E-state index is 0.105. The summed E-state index contributed by atoms with van der Waals surface area (Å²) >= 11 is 1.71. The molecule has 1 N–H and O–H groups in total. The van der Waals surface area contributed by atoms with Crippen LogP contribution in [-0.2, 0) is 0 Å². The van der Waals surface area contributed by atoms with E-state index >= 15 is 0 Å². The van der Waals surface area contributed by atoms with Gasteiger partial charge in [-0.15, -0.1) is 11.3 Å². The van der Waals surface area contributed by atoms with Crippen LogP contribution in [0.2, 0.25) is 0 Å². The molecule has 2 aromatic rings. The molecule has 1 aromatic carbocycles. The van der Waals surface area contributed by atoms with Crippen LogP contribution in [0.4, 0.5) is 5.69 Å². The van der Waals surface area contributed by atoms with E-state index in [2.05, 4.69) is 29.6 Å². The van der Waals surface area contributed by atoms with Gasteiger partial charge in [0, 0.05) is 23.5 Å². The van der Waals surface area contributed by atoms with Gasteiger partial charge >= 0.3 is 0 Å². The Hall–Kier alpha value is -1.57. The Labute approximate surface area is 105 Å². The molecule has 3 nitrogen and oxygen atoms in total. The second kappa shape index (κ2) is 5.67. The van der Waals surface area contributed by atoms with Crippen LogP contribution in [0.5, 0.6) is 0 Å². The minimum absolute atomic E-state index is 0.105. The highest BCUT2D eigenvalue weighted by molar-refractivity contribution is 7.17. The molecule has 0 bridgehead atoms. The first-order chi connectivity index (χ1) is 8.35. The van der Waals surface area contributed by atoms with E-state index in [0.717, 1.165) is 5.69 Å². The SMILES string of the molecule is N#CCCN(CCO)c1ccc2ccsc2c1. The Kier molecular flexibility index (Phi) is 3.97. The van der Waals surface area contributed by atoms with Gasteiger partial charge in [-0.05, 0) is 29.0 Å². The Bertz CT molecular complexity index is 529. The van der Waals surface area contributed by atoms with Crippen molar-refractivity contribution in [1.29, 1.82) is 5.26 Å². The normalized spacial score (nSPS) is 10.4. The molecule has 0 aliphatic rings. The number of aliphatic hydroxyl groups is 1. The van der Waals surface area contributed by atoms with Gasteiger partial charge in [-0.2, -0.15) is 5.26 Å². The van der Waals surface area contributed by atoms with Gasteiger partial charge in [0.15, 0.2) is 0 Å². The first-order valence-electron chi connectivity index (χ1n) is 5.55. The predicted molar refractivity (Wildman–Crippen MR) is 71.4 cm³/mol. The average Bonchev–Trinajstić information content (AvgIpc) is 2.81. The van der Waals surface area contributed by atoms with E-state index in [-0.39, 0.29) is 6.61 Å². The fourth-order valence-corrected chi connectivity index (χ4v) is 2.64. The molecule has 0 radical (unpaired) electrons. The number of aliphatic hydroxyl groups excluding tert-OH is 1. The van der Waals surface area contributed by atoms with Crippen LogP contribution < -0.4 is 4.90 Å². The third-order valence-electron chi connectivity index (χ3n) is 2.67. The molecule has 4 heteroatoms. The molecule has 0 aliphatic carbocycles. The zero-order valence-electron chi connectivity index (χ0n) is 9.47. The Morgan fingerprint density at radius 2 is 2.18 bits per heavy atom. The van der Waals surface area contributed by atoms with E-state index in [0.29, 0.717) is 19.5 Å². The van der Waals surface area contributed by atoms with Crippen molar-refractivity contribution in [1.82, 2.24) is 0 Å². The molecular formula is C13H14N2OS. The number of hydrogen-bond acceptors (Lipinski definition) is 4. The maximum atomic E-state index is 9.05. The van der Waals surface area contributed by atoms with Gasteiger partial charge in [0.1, 0.15) is 0 Å². The number of benzene rings is 1. The quantitative estimate of drug-likeness (QED) is 0.882. The molecule has 0 unspecified atom stereocenters. The summed E-state index contributed by atoms with van der Waals surface area (Å²) in [6, 6.07) is 10.5. The van der Waals surface area contributed by atoms with Crippen molar-refractivity contribution in [3.05, 3.63) is 29.6 Å². The highest BCUT2D eigenvalue weighted by atomic mass is 32.1. The maximum absolute atomic E-state index is 9.05. The van der Waals surface area contributed by atoms with Crippen molar-refractivity contribution in [2.75, 3.05) is 24.6 Å². The summed E-state index contributed by atoms with van der Waals surface area (Å²) in [5.41, 5.74) is 1.07. The van der Waals surface area contributed by atoms with Crippen molar-refractivity contribution < 1.29 is 5.11 Å². The van der Waals surface area contributed by atoms with E-state index in [1.54, 1.807) is 11.3 Å². The van der Waals surface area contributed by atoms with E-state index in [1.807, 2.05) is 11.0 Å². The molecule has 0 aliphatic heterocycles. The standard InChI is InChI=1S/C13H14N2OS/c14-5-1-6-15(7-8-16)12-3-2-11-4-9-17-13(11)10-12/h2-4,9-10,16H,1,6-8H2. The highest BCUT2D eigenvalue weighted by Gasteiger charge is 2.06. The lowest BCUT2D eigenvalue weighted by Crippen LogP contribution is -2.27. The first kappa shape index (κ1) is 11.9. The largest absolute Gasteiger partial charge is 0.395 e. The van der Waals surface area contributed by atoms with Crippen LogP contribution in [0.1, 0.15) is 6.42 Å². The molecule has 1 aromatic heterocycles. The molecular weight excluding hydrogens is 232 g/mol. The van der Waals surface area contributed by atoms with Gasteiger partial charge in [0.05, 0.1) is 19.1 Å². The van der Waals surface area contributed by atoms with E-state index in [4.69, 9.17) is 10.4 Å². The molecule has 0 saturated carbocycles. The van der Waals surface area contributed by atoms with Crippen molar-refractivity contribution in [3.8, 4) is 6.07 Å². The Morgan fingerprint density at radius 3 is 2.94 bits per heavy atom. The molecule has 0 amide bonds. The third-order valence-corrected chi connectivity index (χ3v) is 3.55. The molecule has 0 spiro atoms. The van der Waals surface area contributed by atoms with Gasteiger partial charge in [0.2, 0.25) is 0 Å². The number of fused-ring (bicyclic) bond motifs is 1. The minimum Gasteiger partial charge on any atom is -0.395 e. The fraction of sp³-hybridized carbons (Fsp3) is 0.308. The number of hydrogen-bond donors (Lipinski definition) is 1. The van der Waals surface area contributed by atoms with Crippen molar-refractivity contribution in [2.24, 2.45) is 0 Å². The average molecular weight is 246 g/mol. The molecule has 0 saturated heterocycles. The highest BCUT2D eigenvalue weighted by Crippen LogP contribution is 2.26. The van der Waals surface area contributed by atoms with Gasteiger partial charge in [-0.3, -0.25) is 0 Å². The summed E-state index contributed by atoms with van der Waals surface area (Å²) in [4.78, 5) is 2.04. The smallest absolute Gasteiger partial charge is 0.0640 e. The lowest BCUT2D eigenvalue weighted by molar-refractivity contribution is 0.302. The van der Waals surface area contributed by atoms with Crippen LogP contribution in [0.3, 0.4) is 0 Å². The number of anilines is 1. The molecule has 1 heterocycles. The zero-order chi connectivity index (χ0) is 12.1. The number of nitrogens with zero attached hydrogens (tertiary/aromatic N) is 2. The number of rotatable bonds is 5. The van der Waals surface area contributed by atoms with Gasteiger partial charge < -0.3 is 10.0 Å². The summed E-state index contributed by atoms with van der Waals surface area (Å²) < 4.78 is 1.24. The fourth-order valence-electron chi connectivity index (χ4n) is 1.82. The number of nitriles is 1. The number of thiophene rings is 1. The summed E-state index contributed by atoms with van der Waals surface area (Å²) in [6.07, 6.45) is 0.475. The van der Waals surface area contributed by atoms with Crippen LogP contribution in [-0.4, -0.2) is 24.8 Å².